The van der Waals surface area contributed by atoms with E-state index >= 15 is 0 Å². The van der Waals surface area contributed by atoms with Crippen molar-refractivity contribution in [3.63, 3.8) is 0 Å². The zero-order chi connectivity index (χ0) is 18.4. The molecule has 150 valence electrons. The third kappa shape index (κ3) is 4.92. The van der Waals surface area contributed by atoms with Crippen LogP contribution in [0.15, 0.2) is 4.99 Å². The molecule has 0 spiro atoms. The Hall–Kier alpha value is -0.810. The number of rotatable bonds is 4. The second-order valence-corrected chi connectivity index (χ2v) is 8.92. The number of aliphatic imine (C=N–C) groups is 1. The van der Waals surface area contributed by atoms with Crippen molar-refractivity contribution in [2.75, 3.05) is 59.4 Å². The third-order valence-electron chi connectivity index (χ3n) is 6.89. The van der Waals surface area contributed by atoms with Gasteiger partial charge in [-0.2, -0.15) is 0 Å². The largest absolute Gasteiger partial charge is 0.357 e. The summed E-state index contributed by atoms with van der Waals surface area (Å²) in [6.07, 6.45) is 9.27. The molecular weight excluding hydrogens is 322 g/mol. The predicted molar refractivity (Wildman–Crippen MR) is 111 cm³/mol. The number of nitrogens with one attached hydrogen (secondary N) is 1. The van der Waals surface area contributed by atoms with E-state index in [9.17, 15) is 0 Å². The Balaban J connectivity index is 1.72. The quantitative estimate of drug-likeness (QED) is 0.615. The van der Waals surface area contributed by atoms with Gasteiger partial charge in [0.05, 0.1) is 6.54 Å². The smallest absolute Gasteiger partial charge is 0.193 e. The SMILES string of the molecule is CCNC(=NCC1(N2CCCCC2)CCN(C)CC1)N1CCC(C)CC1. The Morgan fingerprint density at radius 3 is 2.27 bits per heavy atom. The van der Waals surface area contributed by atoms with E-state index in [-0.39, 0.29) is 5.54 Å². The summed E-state index contributed by atoms with van der Waals surface area (Å²) < 4.78 is 0. The van der Waals surface area contributed by atoms with Gasteiger partial charge in [-0.25, -0.2) is 0 Å². The van der Waals surface area contributed by atoms with Crippen molar-refractivity contribution in [3.8, 4) is 0 Å². The average molecular weight is 364 g/mol. The molecule has 0 unspecified atom stereocenters. The van der Waals surface area contributed by atoms with E-state index in [0.717, 1.165) is 38.1 Å². The van der Waals surface area contributed by atoms with E-state index in [4.69, 9.17) is 4.99 Å². The number of hydrogen-bond acceptors (Lipinski definition) is 3. The Labute approximate surface area is 161 Å². The Bertz CT molecular complexity index is 441. The first-order valence-electron chi connectivity index (χ1n) is 11.1. The summed E-state index contributed by atoms with van der Waals surface area (Å²) in [6, 6.07) is 0. The number of nitrogens with zero attached hydrogens (tertiary/aromatic N) is 4. The van der Waals surface area contributed by atoms with Gasteiger partial charge in [0.2, 0.25) is 0 Å². The minimum atomic E-state index is 0.288. The normalized spacial score (nSPS) is 26.9. The van der Waals surface area contributed by atoms with Crippen LogP contribution in [-0.4, -0.2) is 85.6 Å². The van der Waals surface area contributed by atoms with E-state index in [2.05, 4.69) is 40.9 Å². The minimum Gasteiger partial charge on any atom is -0.357 e. The maximum Gasteiger partial charge on any atom is 0.193 e. The Morgan fingerprint density at radius 2 is 1.65 bits per heavy atom. The first kappa shape index (κ1) is 19.9. The molecule has 3 aliphatic heterocycles. The van der Waals surface area contributed by atoms with E-state index in [1.807, 2.05) is 0 Å². The summed E-state index contributed by atoms with van der Waals surface area (Å²) in [4.78, 5) is 13.0. The lowest BCUT2D eigenvalue weighted by atomic mass is 9.84. The highest BCUT2D eigenvalue weighted by molar-refractivity contribution is 5.80. The second-order valence-electron chi connectivity index (χ2n) is 8.92. The molecule has 3 fully saturated rings. The van der Waals surface area contributed by atoms with Crippen LogP contribution >= 0.6 is 0 Å². The third-order valence-corrected chi connectivity index (χ3v) is 6.89. The molecule has 0 aliphatic carbocycles. The molecule has 26 heavy (non-hydrogen) atoms. The molecule has 1 N–H and O–H groups in total. The monoisotopic (exact) mass is 363 g/mol. The number of piperidine rings is 3. The van der Waals surface area contributed by atoms with Crippen LogP contribution < -0.4 is 5.32 Å². The van der Waals surface area contributed by atoms with Gasteiger partial charge in [-0.05, 0) is 84.6 Å². The van der Waals surface area contributed by atoms with E-state index in [1.54, 1.807) is 0 Å². The number of guanidine groups is 1. The summed E-state index contributed by atoms with van der Waals surface area (Å²) in [5, 5.41) is 3.58. The predicted octanol–water partition coefficient (Wildman–Crippen LogP) is 2.63. The molecule has 3 heterocycles. The van der Waals surface area contributed by atoms with E-state index in [0.29, 0.717) is 0 Å². The molecule has 0 bridgehead atoms. The van der Waals surface area contributed by atoms with Crippen molar-refractivity contribution < 1.29 is 0 Å². The van der Waals surface area contributed by atoms with Gasteiger partial charge in [-0.15, -0.1) is 0 Å². The van der Waals surface area contributed by atoms with Crippen molar-refractivity contribution in [1.82, 2.24) is 20.0 Å². The molecule has 3 aliphatic rings. The van der Waals surface area contributed by atoms with E-state index in [1.165, 1.54) is 71.1 Å². The van der Waals surface area contributed by atoms with Crippen molar-refractivity contribution in [2.45, 2.75) is 64.3 Å². The van der Waals surface area contributed by atoms with Crippen LogP contribution in [0.3, 0.4) is 0 Å². The molecule has 5 nitrogen and oxygen atoms in total. The first-order chi connectivity index (χ1) is 12.6. The van der Waals surface area contributed by atoms with Gasteiger partial charge in [0.1, 0.15) is 0 Å². The zero-order valence-electron chi connectivity index (χ0n) is 17.5. The van der Waals surface area contributed by atoms with Crippen LogP contribution in [-0.2, 0) is 0 Å². The summed E-state index contributed by atoms with van der Waals surface area (Å²) >= 11 is 0. The summed E-state index contributed by atoms with van der Waals surface area (Å²) in [6.45, 7) is 13.8. The second kappa shape index (κ2) is 9.41. The van der Waals surface area contributed by atoms with Crippen LogP contribution in [0.2, 0.25) is 0 Å². The average Bonchev–Trinajstić information content (AvgIpc) is 2.68. The minimum absolute atomic E-state index is 0.288. The van der Waals surface area contributed by atoms with Gasteiger partial charge in [0.15, 0.2) is 5.96 Å². The molecule has 0 radical (unpaired) electrons. The van der Waals surface area contributed by atoms with Crippen molar-refractivity contribution in [3.05, 3.63) is 0 Å². The van der Waals surface area contributed by atoms with Crippen molar-refractivity contribution in [2.24, 2.45) is 10.9 Å². The van der Waals surface area contributed by atoms with Crippen LogP contribution in [0.1, 0.15) is 58.8 Å². The lowest BCUT2D eigenvalue weighted by molar-refractivity contribution is 0.0206. The summed E-state index contributed by atoms with van der Waals surface area (Å²) in [5.41, 5.74) is 0.288. The van der Waals surface area contributed by atoms with Gasteiger partial charge < -0.3 is 15.1 Å². The highest BCUT2D eigenvalue weighted by Gasteiger charge is 2.39. The lowest BCUT2D eigenvalue weighted by Crippen LogP contribution is -2.58. The molecular formula is C21H41N5. The summed E-state index contributed by atoms with van der Waals surface area (Å²) in [5.74, 6) is 2.03. The molecule has 5 heteroatoms. The topological polar surface area (TPSA) is 34.1 Å². The first-order valence-corrected chi connectivity index (χ1v) is 11.1. The highest BCUT2D eigenvalue weighted by atomic mass is 15.3. The fraction of sp³-hybridized carbons (Fsp3) is 0.952. The van der Waals surface area contributed by atoms with Gasteiger partial charge in [0.25, 0.3) is 0 Å². The maximum atomic E-state index is 5.23. The molecule has 3 saturated heterocycles. The Kier molecular flexibility index (Phi) is 7.21. The van der Waals surface area contributed by atoms with E-state index < -0.39 is 0 Å². The van der Waals surface area contributed by atoms with Crippen molar-refractivity contribution in [1.29, 1.82) is 0 Å². The molecule has 0 saturated carbocycles. The Morgan fingerprint density at radius 1 is 1.00 bits per heavy atom. The fourth-order valence-electron chi connectivity index (χ4n) is 4.85. The van der Waals surface area contributed by atoms with Crippen LogP contribution in [0.25, 0.3) is 0 Å². The van der Waals surface area contributed by atoms with Crippen LogP contribution in [0, 0.1) is 5.92 Å². The lowest BCUT2D eigenvalue weighted by Gasteiger charge is -2.49. The molecule has 0 aromatic heterocycles. The van der Waals surface area contributed by atoms with Crippen molar-refractivity contribution >= 4 is 5.96 Å². The zero-order valence-corrected chi connectivity index (χ0v) is 17.5. The summed E-state index contributed by atoms with van der Waals surface area (Å²) in [7, 11) is 2.27. The molecule has 0 amide bonds. The fourth-order valence-corrected chi connectivity index (χ4v) is 4.85. The van der Waals surface area contributed by atoms with Gasteiger partial charge in [-0.1, -0.05) is 13.3 Å². The molecule has 0 aromatic rings. The number of likely N-dealkylation sites (tertiary alicyclic amines) is 3. The number of hydrogen-bond donors (Lipinski definition) is 1. The standard InChI is InChI=1S/C21H41N5/c1-4-22-20(25-14-8-19(2)9-15-25)23-18-21(10-16-24(3)17-11-21)26-12-6-5-7-13-26/h19H,4-18H2,1-3H3,(H,22,23). The van der Waals surface area contributed by atoms with Crippen LogP contribution in [0.5, 0.6) is 0 Å². The molecule has 0 aromatic carbocycles. The molecule has 3 rings (SSSR count). The maximum absolute atomic E-state index is 5.23. The molecule has 0 atom stereocenters. The van der Waals surface area contributed by atoms with Gasteiger partial charge >= 0.3 is 0 Å². The highest BCUT2D eigenvalue weighted by Crippen LogP contribution is 2.32. The van der Waals surface area contributed by atoms with Gasteiger partial charge in [-0.3, -0.25) is 9.89 Å². The van der Waals surface area contributed by atoms with Gasteiger partial charge in [0, 0.05) is 25.2 Å². The van der Waals surface area contributed by atoms with Crippen LogP contribution in [0.4, 0.5) is 0 Å².